The lowest BCUT2D eigenvalue weighted by Crippen LogP contribution is -2.36. The fourth-order valence-corrected chi connectivity index (χ4v) is 3.82. The second-order valence-corrected chi connectivity index (χ2v) is 7.44. The van der Waals surface area contributed by atoms with E-state index in [0.29, 0.717) is 11.5 Å². The molecule has 0 radical (unpaired) electrons. The zero-order valence-corrected chi connectivity index (χ0v) is 17.4. The number of aromatic nitrogens is 4. The molecule has 0 bridgehead atoms. The summed E-state index contributed by atoms with van der Waals surface area (Å²) < 4.78 is 5.46. The SMILES string of the molecule is C=N/C(=C\C=C/C)c1nc2ccc(-c3nc4ccc(N5CCOCC5)cc4[nH]3)cc2[nH]1. The van der Waals surface area contributed by atoms with Crippen molar-refractivity contribution in [1.29, 1.82) is 0 Å². The van der Waals surface area contributed by atoms with Crippen LogP contribution in [0, 0.1) is 0 Å². The molecule has 1 aliphatic heterocycles. The van der Waals surface area contributed by atoms with Crippen LogP contribution in [0.15, 0.2) is 59.6 Å². The summed E-state index contributed by atoms with van der Waals surface area (Å²) in [5.41, 5.74) is 6.67. The van der Waals surface area contributed by atoms with Crippen molar-refractivity contribution in [3.05, 3.63) is 60.5 Å². The molecule has 4 aromatic rings. The van der Waals surface area contributed by atoms with Crippen molar-refractivity contribution >= 4 is 40.2 Å². The summed E-state index contributed by atoms with van der Waals surface area (Å²) in [6.45, 7) is 8.97. The minimum Gasteiger partial charge on any atom is -0.378 e. The molecule has 31 heavy (non-hydrogen) atoms. The molecule has 0 amide bonds. The Labute approximate surface area is 180 Å². The molecule has 2 aromatic carbocycles. The van der Waals surface area contributed by atoms with E-state index in [1.807, 2.05) is 37.3 Å². The molecule has 2 aromatic heterocycles. The summed E-state index contributed by atoms with van der Waals surface area (Å²) in [5, 5.41) is 0. The van der Waals surface area contributed by atoms with Gasteiger partial charge in [0, 0.05) is 24.3 Å². The molecule has 0 aliphatic carbocycles. The van der Waals surface area contributed by atoms with Crippen LogP contribution in [0.1, 0.15) is 12.7 Å². The van der Waals surface area contributed by atoms with Gasteiger partial charge in [0.15, 0.2) is 5.82 Å². The maximum Gasteiger partial charge on any atom is 0.157 e. The van der Waals surface area contributed by atoms with E-state index in [1.165, 1.54) is 5.69 Å². The molecule has 0 saturated carbocycles. The first-order valence-corrected chi connectivity index (χ1v) is 10.4. The number of H-pyrrole nitrogens is 2. The van der Waals surface area contributed by atoms with Crippen molar-refractivity contribution in [3.8, 4) is 11.4 Å². The Kier molecular flexibility index (Phi) is 5.09. The first-order chi connectivity index (χ1) is 15.2. The normalized spacial score (nSPS) is 15.4. The molecule has 3 heterocycles. The summed E-state index contributed by atoms with van der Waals surface area (Å²) in [7, 11) is 0. The molecular weight excluding hydrogens is 388 g/mol. The van der Waals surface area contributed by atoms with Crippen LogP contribution >= 0.6 is 0 Å². The number of ether oxygens (including phenoxy) is 1. The summed E-state index contributed by atoms with van der Waals surface area (Å²) in [6.07, 6.45) is 5.75. The molecule has 5 rings (SSSR count). The van der Waals surface area contributed by atoms with Gasteiger partial charge >= 0.3 is 0 Å². The van der Waals surface area contributed by atoms with Crippen molar-refractivity contribution < 1.29 is 4.74 Å². The number of benzene rings is 2. The largest absolute Gasteiger partial charge is 0.378 e. The third kappa shape index (κ3) is 3.75. The Morgan fingerprint density at radius 1 is 1.06 bits per heavy atom. The first kappa shape index (κ1) is 19.3. The van der Waals surface area contributed by atoms with Gasteiger partial charge in [-0.15, -0.1) is 0 Å². The summed E-state index contributed by atoms with van der Waals surface area (Å²) in [4.78, 5) is 22.7. The number of aromatic amines is 2. The first-order valence-electron chi connectivity index (χ1n) is 10.4. The van der Waals surface area contributed by atoms with E-state index in [0.717, 1.165) is 59.8 Å². The highest BCUT2D eigenvalue weighted by atomic mass is 16.5. The van der Waals surface area contributed by atoms with E-state index in [2.05, 4.69) is 55.8 Å². The minimum absolute atomic E-state index is 0.694. The van der Waals surface area contributed by atoms with Gasteiger partial charge in [0.1, 0.15) is 11.5 Å². The lowest BCUT2D eigenvalue weighted by Gasteiger charge is -2.28. The van der Waals surface area contributed by atoms with Gasteiger partial charge in [-0.05, 0) is 56.1 Å². The molecule has 156 valence electrons. The molecule has 0 spiro atoms. The van der Waals surface area contributed by atoms with Crippen LogP contribution in [0.2, 0.25) is 0 Å². The third-order valence-corrected chi connectivity index (χ3v) is 5.46. The fourth-order valence-electron chi connectivity index (χ4n) is 3.82. The van der Waals surface area contributed by atoms with Gasteiger partial charge in [0.05, 0.1) is 35.3 Å². The number of fused-ring (bicyclic) bond motifs is 2. The van der Waals surface area contributed by atoms with Crippen LogP contribution < -0.4 is 4.90 Å². The number of nitrogens with zero attached hydrogens (tertiary/aromatic N) is 4. The van der Waals surface area contributed by atoms with E-state index in [1.54, 1.807) is 0 Å². The van der Waals surface area contributed by atoms with Crippen LogP contribution in [0.4, 0.5) is 5.69 Å². The van der Waals surface area contributed by atoms with E-state index in [4.69, 9.17) is 9.72 Å². The molecule has 0 atom stereocenters. The minimum atomic E-state index is 0.694. The Morgan fingerprint density at radius 2 is 1.84 bits per heavy atom. The van der Waals surface area contributed by atoms with Crippen molar-refractivity contribution in [2.24, 2.45) is 4.99 Å². The number of nitrogens with one attached hydrogen (secondary N) is 2. The predicted molar refractivity (Wildman–Crippen MR) is 127 cm³/mol. The Hall–Kier alpha value is -3.71. The molecule has 1 saturated heterocycles. The summed E-state index contributed by atoms with van der Waals surface area (Å²) in [6, 6.07) is 12.4. The molecule has 1 fully saturated rings. The second-order valence-electron chi connectivity index (χ2n) is 7.44. The summed E-state index contributed by atoms with van der Waals surface area (Å²) in [5.74, 6) is 1.53. The second kappa shape index (κ2) is 8.20. The monoisotopic (exact) mass is 412 g/mol. The zero-order valence-electron chi connectivity index (χ0n) is 17.4. The predicted octanol–water partition coefficient (Wildman–Crippen LogP) is 4.56. The highest BCUT2D eigenvalue weighted by Crippen LogP contribution is 2.27. The van der Waals surface area contributed by atoms with Crippen molar-refractivity contribution in [2.75, 3.05) is 31.2 Å². The van der Waals surface area contributed by atoms with Gasteiger partial charge in [-0.25, -0.2) is 9.97 Å². The van der Waals surface area contributed by atoms with E-state index in [9.17, 15) is 0 Å². The average Bonchev–Trinajstić information content (AvgIpc) is 3.43. The van der Waals surface area contributed by atoms with Crippen molar-refractivity contribution in [2.45, 2.75) is 6.92 Å². The highest BCUT2D eigenvalue weighted by molar-refractivity contribution is 5.86. The smallest absolute Gasteiger partial charge is 0.157 e. The molecule has 0 unspecified atom stereocenters. The highest BCUT2D eigenvalue weighted by Gasteiger charge is 2.14. The third-order valence-electron chi connectivity index (χ3n) is 5.46. The number of morpholine rings is 1. The maximum atomic E-state index is 5.46. The number of allylic oxidation sites excluding steroid dienone is 3. The van der Waals surface area contributed by atoms with E-state index in [-0.39, 0.29) is 0 Å². The zero-order chi connectivity index (χ0) is 21.2. The van der Waals surface area contributed by atoms with E-state index >= 15 is 0 Å². The molecule has 7 nitrogen and oxygen atoms in total. The Morgan fingerprint density at radius 3 is 2.65 bits per heavy atom. The van der Waals surface area contributed by atoms with Gasteiger partial charge in [0.2, 0.25) is 0 Å². The number of anilines is 1. The molecule has 1 aliphatic rings. The Balaban J connectivity index is 1.48. The van der Waals surface area contributed by atoms with Gasteiger partial charge in [-0.1, -0.05) is 12.2 Å². The van der Waals surface area contributed by atoms with Crippen LogP contribution in [-0.2, 0) is 4.74 Å². The quantitative estimate of drug-likeness (QED) is 0.372. The number of rotatable bonds is 5. The van der Waals surface area contributed by atoms with Crippen LogP contribution in [0.5, 0.6) is 0 Å². The van der Waals surface area contributed by atoms with Gasteiger partial charge < -0.3 is 19.6 Å². The van der Waals surface area contributed by atoms with Gasteiger partial charge in [-0.3, -0.25) is 4.99 Å². The summed E-state index contributed by atoms with van der Waals surface area (Å²) >= 11 is 0. The topological polar surface area (TPSA) is 82.2 Å². The molecule has 7 heteroatoms. The van der Waals surface area contributed by atoms with Crippen molar-refractivity contribution in [3.63, 3.8) is 0 Å². The average molecular weight is 412 g/mol. The fraction of sp³-hybridized carbons (Fsp3) is 0.208. The van der Waals surface area contributed by atoms with Crippen LogP contribution in [-0.4, -0.2) is 53.0 Å². The van der Waals surface area contributed by atoms with Crippen LogP contribution in [0.25, 0.3) is 39.2 Å². The number of aliphatic imine (C=N–C) groups is 1. The Bertz CT molecular complexity index is 1310. The van der Waals surface area contributed by atoms with Gasteiger partial charge in [0.25, 0.3) is 0 Å². The van der Waals surface area contributed by atoms with Crippen LogP contribution in [0.3, 0.4) is 0 Å². The lowest BCUT2D eigenvalue weighted by atomic mass is 10.2. The number of hydrogen-bond acceptors (Lipinski definition) is 5. The molecular formula is C24H24N6O. The number of hydrogen-bond donors (Lipinski definition) is 2. The number of imidazole rings is 2. The van der Waals surface area contributed by atoms with Crippen molar-refractivity contribution in [1.82, 2.24) is 19.9 Å². The van der Waals surface area contributed by atoms with Gasteiger partial charge in [-0.2, -0.15) is 0 Å². The maximum absolute atomic E-state index is 5.46. The standard InChI is InChI=1S/C24H24N6O/c1-3-4-5-20(25-2)24-27-18-8-6-16(14-21(18)29-24)23-26-19-9-7-17(15-22(19)28-23)30-10-12-31-13-11-30/h3-9,14-15H,2,10-13H2,1H3,(H,26,28)(H,27,29)/b4-3-,20-5-. The van der Waals surface area contributed by atoms with E-state index < -0.39 is 0 Å². The molecule has 2 N–H and O–H groups in total. The lowest BCUT2D eigenvalue weighted by molar-refractivity contribution is 0.122.